The first-order valence-electron chi connectivity index (χ1n) is 7.70. The summed E-state index contributed by atoms with van der Waals surface area (Å²) in [5.41, 5.74) is 1.41. The number of benzene rings is 1. The summed E-state index contributed by atoms with van der Waals surface area (Å²) in [4.78, 5) is 6.94. The molecule has 3 rings (SSSR count). The Bertz CT molecular complexity index is 526. The van der Waals surface area contributed by atoms with Crippen molar-refractivity contribution in [3.63, 3.8) is 0 Å². The largest absolute Gasteiger partial charge is 0.312 e. The van der Waals surface area contributed by atoms with Gasteiger partial charge >= 0.3 is 0 Å². The van der Waals surface area contributed by atoms with Gasteiger partial charge in [0, 0.05) is 49.7 Å². The van der Waals surface area contributed by atoms with Crippen molar-refractivity contribution in [1.82, 2.24) is 15.2 Å². The van der Waals surface area contributed by atoms with E-state index < -0.39 is 0 Å². The molecule has 1 aliphatic heterocycles. The topological polar surface area (TPSA) is 28.2 Å². The third kappa shape index (κ3) is 4.13. The van der Waals surface area contributed by atoms with Crippen LogP contribution in [0.4, 0.5) is 0 Å². The zero-order chi connectivity index (χ0) is 14.5. The maximum absolute atomic E-state index is 4.40. The lowest BCUT2D eigenvalue weighted by molar-refractivity contribution is 0.319. The lowest BCUT2D eigenvalue weighted by Crippen LogP contribution is -2.34. The van der Waals surface area contributed by atoms with Gasteiger partial charge in [0.1, 0.15) is 0 Å². The Morgan fingerprint density at radius 1 is 1.38 bits per heavy atom. The molecule has 3 nitrogen and oxygen atoms in total. The zero-order valence-electron chi connectivity index (χ0n) is 12.5. The van der Waals surface area contributed by atoms with E-state index in [-0.39, 0.29) is 0 Å². The number of nitrogens with zero attached hydrogens (tertiary/aromatic N) is 2. The molecule has 21 heavy (non-hydrogen) atoms. The van der Waals surface area contributed by atoms with Gasteiger partial charge < -0.3 is 5.32 Å². The summed E-state index contributed by atoms with van der Waals surface area (Å²) < 4.78 is 0. The van der Waals surface area contributed by atoms with Crippen LogP contribution in [0, 0.1) is 0 Å². The van der Waals surface area contributed by atoms with Crippen LogP contribution in [0.2, 0.25) is 0 Å². The van der Waals surface area contributed by atoms with Gasteiger partial charge in [0.05, 0.1) is 5.01 Å². The van der Waals surface area contributed by atoms with E-state index in [4.69, 9.17) is 0 Å². The molecule has 1 aliphatic rings. The first-order valence-corrected chi connectivity index (χ1v) is 8.58. The summed E-state index contributed by atoms with van der Waals surface area (Å²) in [7, 11) is 0. The summed E-state index contributed by atoms with van der Waals surface area (Å²) in [5, 5.41) is 7.01. The minimum absolute atomic E-state index is 0.508. The molecule has 0 spiro atoms. The Morgan fingerprint density at radius 2 is 2.24 bits per heavy atom. The monoisotopic (exact) mass is 301 g/mol. The van der Waals surface area contributed by atoms with Crippen molar-refractivity contribution < 1.29 is 0 Å². The molecule has 4 heteroatoms. The SMILES string of the molecule is CC(CNC1CCN(Cc2ccccc2)C1)c1nccs1. The molecule has 1 N–H and O–H groups in total. The number of rotatable bonds is 6. The van der Waals surface area contributed by atoms with E-state index in [2.05, 4.69) is 57.8 Å². The Hall–Kier alpha value is -1.23. The molecule has 0 radical (unpaired) electrons. The van der Waals surface area contributed by atoms with Crippen molar-refractivity contribution >= 4 is 11.3 Å². The second kappa shape index (κ2) is 7.16. The Labute approximate surface area is 131 Å². The van der Waals surface area contributed by atoms with Gasteiger partial charge in [-0.3, -0.25) is 4.90 Å². The second-order valence-corrected chi connectivity index (χ2v) is 6.81. The molecular formula is C17H23N3S. The maximum atomic E-state index is 4.40. The van der Waals surface area contributed by atoms with Crippen molar-refractivity contribution in [3.05, 3.63) is 52.5 Å². The Kier molecular flexibility index (Phi) is 5.01. The molecule has 1 fully saturated rings. The van der Waals surface area contributed by atoms with E-state index >= 15 is 0 Å². The van der Waals surface area contributed by atoms with Gasteiger partial charge in [-0.1, -0.05) is 37.3 Å². The second-order valence-electron chi connectivity index (χ2n) is 5.89. The van der Waals surface area contributed by atoms with Crippen molar-refractivity contribution in [1.29, 1.82) is 0 Å². The normalized spacial score (nSPS) is 20.7. The van der Waals surface area contributed by atoms with Crippen molar-refractivity contribution in [2.75, 3.05) is 19.6 Å². The van der Waals surface area contributed by atoms with Crippen LogP contribution in [0.1, 0.15) is 29.8 Å². The first-order chi connectivity index (χ1) is 10.3. The molecule has 2 aromatic rings. The van der Waals surface area contributed by atoms with Gasteiger partial charge in [0.25, 0.3) is 0 Å². The van der Waals surface area contributed by atoms with Crippen LogP contribution in [-0.4, -0.2) is 35.6 Å². The molecule has 1 aromatic carbocycles. The number of thiazole rings is 1. The fourth-order valence-electron chi connectivity index (χ4n) is 2.89. The molecule has 0 saturated carbocycles. The first kappa shape index (κ1) is 14.7. The number of hydrogen-bond donors (Lipinski definition) is 1. The molecule has 2 atom stereocenters. The van der Waals surface area contributed by atoms with Crippen LogP contribution >= 0.6 is 11.3 Å². The highest BCUT2D eigenvalue weighted by molar-refractivity contribution is 7.09. The highest BCUT2D eigenvalue weighted by Crippen LogP contribution is 2.18. The summed E-state index contributed by atoms with van der Waals surface area (Å²) in [6.07, 6.45) is 3.14. The molecule has 0 amide bonds. The van der Waals surface area contributed by atoms with Crippen LogP contribution in [0.3, 0.4) is 0 Å². The van der Waals surface area contributed by atoms with E-state index in [1.165, 1.54) is 23.5 Å². The summed E-state index contributed by atoms with van der Waals surface area (Å²) in [6.45, 7) is 6.69. The molecule has 1 saturated heterocycles. The van der Waals surface area contributed by atoms with Crippen molar-refractivity contribution in [3.8, 4) is 0 Å². The molecule has 2 unspecified atom stereocenters. The Balaban J connectivity index is 1.42. The average Bonchev–Trinajstić information content (AvgIpc) is 3.17. The van der Waals surface area contributed by atoms with E-state index in [9.17, 15) is 0 Å². The standard InChI is InChI=1S/C17H23N3S/c1-14(17-18-8-10-21-17)11-19-16-7-9-20(13-16)12-15-5-3-2-4-6-15/h2-6,8,10,14,16,19H,7,9,11-13H2,1H3. The van der Waals surface area contributed by atoms with E-state index in [1.807, 2.05) is 6.20 Å². The summed E-state index contributed by atoms with van der Waals surface area (Å²) in [6, 6.07) is 11.4. The van der Waals surface area contributed by atoms with E-state index in [0.717, 1.165) is 19.6 Å². The van der Waals surface area contributed by atoms with Crippen LogP contribution < -0.4 is 5.32 Å². The molecule has 1 aromatic heterocycles. The van der Waals surface area contributed by atoms with Gasteiger partial charge in [-0.25, -0.2) is 4.98 Å². The zero-order valence-corrected chi connectivity index (χ0v) is 13.4. The highest BCUT2D eigenvalue weighted by Gasteiger charge is 2.22. The van der Waals surface area contributed by atoms with Gasteiger partial charge in [-0.15, -0.1) is 11.3 Å². The Morgan fingerprint density at radius 3 is 3.00 bits per heavy atom. The number of likely N-dealkylation sites (tertiary alicyclic amines) is 1. The maximum Gasteiger partial charge on any atom is 0.0965 e. The van der Waals surface area contributed by atoms with Gasteiger partial charge in [-0.2, -0.15) is 0 Å². The van der Waals surface area contributed by atoms with Crippen LogP contribution in [-0.2, 0) is 6.54 Å². The smallest absolute Gasteiger partial charge is 0.0965 e. The van der Waals surface area contributed by atoms with Crippen LogP contribution in [0.5, 0.6) is 0 Å². The third-order valence-corrected chi connectivity index (χ3v) is 5.11. The minimum Gasteiger partial charge on any atom is -0.312 e. The minimum atomic E-state index is 0.508. The summed E-state index contributed by atoms with van der Waals surface area (Å²) in [5.74, 6) is 0.508. The van der Waals surface area contributed by atoms with Crippen molar-refractivity contribution in [2.24, 2.45) is 0 Å². The van der Waals surface area contributed by atoms with E-state index in [1.54, 1.807) is 11.3 Å². The molecule has 112 valence electrons. The van der Waals surface area contributed by atoms with Crippen molar-refractivity contribution in [2.45, 2.75) is 31.8 Å². The third-order valence-electron chi connectivity index (χ3n) is 4.11. The predicted octanol–water partition coefficient (Wildman–Crippen LogP) is 3.11. The fraction of sp³-hybridized carbons (Fsp3) is 0.471. The molecule has 0 bridgehead atoms. The molecule has 2 heterocycles. The fourth-order valence-corrected chi connectivity index (χ4v) is 3.59. The molecular weight excluding hydrogens is 278 g/mol. The van der Waals surface area contributed by atoms with Gasteiger partial charge in [0.15, 0.2) is 0 Å². The van der Waals surface area contributed by atoms with Gasteiger partial charge in [-0.05, 0) is 12.0 Å². The summed E-state index contributed by atoms with van der Waals surface area (Å²) >= 11 is 1.75. The van der Waals surface area contributed by atoms with E-state index in [0.29, 0.717) is 12.0 Å². The number of aromatic nitrogens is 1. The predicted molar refractivity (Wildman–Crippen MR) is 88.7 cm³/mol. The molecule has 0 aliphatic carbocycles. The van der Waals surface area contributed by atoms with Crippen LogP contribution in [0.15, 0.2) is 41.9 Å². The van der Waals surface area contributed by atoms with Crippen LogP contribution in [0.25, 0.3) is 0 Å². The lowest BCUT2D eigenvalue weighted by atomic mass is 10.1. The lowest BCUT2D eigenvalue weighted by Gasteiger charge is -2.18. The quantitative estimate of drug-likeness (QED) is 0.888. The number of nitrogens with one attached hydrogen (secondary N) is 1. The highest BCUT2D eigenvalue weighted by atomic mass is 32.1. The number of hydrogen-bond acceptors (Lipinski definition) is 4. The average molecular weight is 301 g/mol. The van der Waals surface area contributed by atoms with Gasteiger partial charge in [0.2, 0.25) is 0 Å².